The quantitative estimate of drug-likeness (QED) is 0.595. The summed E-state index contributed by atoms with van der Waals surface area (Å²) in [5.74, 6) is 0. The molecule has 0 fully saturated rings. The summed E-state index contributed by atoms with van der Waals surface area (Å²) in [7, 11) is 4.07. The summed E-state index contributed by atoms with van der Waals surface area (Å²) >= 11 is 0. The highest BCUT2D eigenvalue weighted by Crippen LogP contribution is 2.26. The Hall–Kier alpha value is -1.85. The summed E-state index contributed by atoms with van der Waals surface area (Å²) in [5, 5.41) is 4.41. The molecule has 0 bridgehead atoms. The van der Waals surface area contributed by atoms with Gasteiger partial charge in [0.1, 0.15) is 0 Å². The molecule has 0 saturated heterocycles. The highest BCUT2D eigenvalue weighted by molar-refractivity contribution is 5.98. The average Bonchev–Trinajstić information content (AvgIpc) is 2.45. The van der Waals surface area contributed by atoms with Gasteiger partial charge in [-0.3, -0.25) is 4.98 Å². The van der Waals surface area contributed by atoms with Crippen LogP contribution in [0.1, 0.15) is 0 Å². The number of hydrogen-bond donors (Lipinski definition) is 2. The molecule has 5 nitrogen and oxygen atoms in total. The van der Waals surface area contributed by atoms with Crippen molar-refractivity contribution in [3.05, 3.63) is 30.5 Å². The third-order valence-corrected chi connectivity index (χ3v) is 3.05. The fraction of sp³-hybridized carbons (Fsp3) is 0.400. The van der Waals surface area contributed by atoms with Crippen molar-refractivity contribution >= 4 is 22.3 Å². The Morgan fingerprint density at radius 1 is 1.25 bits per heavy atom. The highest BCUT2D eigenvalue weighted by atomic mass is 16.5. The van der Waals surface area contributed by atoms with Gasteiger partial charge in [-0.05, 0) is 38.4 Å². The smallest absolute Gasteiger partial charge is 0.0951 e. The first kappa shape index (κ1) is 14.6. The minimum Gasteiger partial charge on any atom is -0.397 e. The second-order valence-corrected chi connectivity index (χ2v) is 4.94. The minimum atomic E-state index is 0.681. The van der Waals surface area contributed by atoms with Crippen LogP contribution in [0.3, 0.4) is 0 Å². The number of nitrogens with zero attached hydrogens (tertiary/aromatic N) is 2. The molecule has 0 aliphatic rings. The lowest BCUT2D eigenvalue weighted by atomic mass is 10.1. The van der Waals surface area contributed by atoms with Gasteiger partial charge in [-0.25, -0.2) is 0 Å². The summed E-state index contributed by atoms with van der Waals surface area (Å²) < 4.78 is 5.56. The molecule has 2 aromatic rings. The molecule has 2 rings (SSSR count). The Labute approximate surface area is 119 Å². The van der Waals surface area contributed by atoms with Gasteiger partial charge >= 0.3 is 0 Å². The average molecular weight is 274 g/mol. The van der Waals surface area contributed by atoms with Crippen LogP contribution >= 0.6 is 0 Å². The first-order valence-electron chi connectivity index (χ1n) is 6.78. The first-order valence-corrected chi connectivity index (χ1v) is 6.78. The van der Waals surface area contributed by atoms with E-state index in [0.29, 0.717) is 12.3 Å². The van der Waals surface area contributed by atoms with Gasteiger partial charge in [0.25, 0.3) is 0 Å². The minimum absolute atomic E-state index is 0.681. The summed E-state index contributed by atoms with van der Waals surface area (Å²) in [6, 6.07) is 7.80. The van der Waals surface area contributed by atoms with Gasteiger partial charge in [-0.15, -0.1) is 0 Å². The van der Waals surface area contributed by atoms with E-state index in [-0.39, 0.29) is 0 Å². The van der Waals surface area contributed by atoms with Crippen molar-refractivity contribution in [1.82, 2.24) is 9.88 Å². The van der Waals surface area contributed by atoms with Crippen LogP contribution < -0.4 is 11.1 Å². The number of likely N-dealkylation sites (N-methyl/N-ethyl adjacent to an activating group) is 1. The van der Waals surface area contributed by atoms with Gasteiger partial charge in [-0.2, -0.15) is 0 Å². The van der Waals surface area contributed by atoms with E-state index in [4.69, 9.17) is 10.5 Å². The van der Waals surface area contributed by atoms with Crippen molar-refractivity contribution < 1.29 is 4.74 Å². The van der Waals surface area contributed by atoms with E-state index < -0.39 is 0 Å². The molecule has 0 spiro atoms. The van der Waals surface area contributed by atoms with E-state index in [0.717, 1.165) is 36.3 Å². The molecule has 0 atom stereocenters. The zero-order valence-electron chi connectivity index (χ0n) is 12.1. The number of ether oxygens (including phenoxy) is 1. The van der Waals surface area contributed by atoms with Crippen LogP contribution in [0.15, 0.2) is 30.5 Å². The maximum atomic E-state index is 5.93. The second-order valence-electron chi connectivity index (χ2n) is 4.94. The topological polar surface area (TPSA) is 63.4 Å². The Balaban J connectivity index is 1.89. The lowest BCUT2D eigenvalue weighted by molar-refractivity contribution is 0.126. The van der Waals surface area contributed by atoms with Crippen LogP contribution in [-0.4, -0.2) is 50.3 Å². The fourth-order valence-electron chi connectivity index (χ4n) is 1.96. The first-order chi connectivity index (χ1) is 9.68. The molecule has 0 saturated carbocycles. The van der Waals surface area contributed by atoms with Crippen molar-refractivity contribution in [1.29, 1.82) is 0 Å². The molecule has 1 heterocycles. The molecule has 0 aliphatic carbocycles. The van der Waals surface area contributed by atoms with Crippen molar-refractivity contribution in [3.8, 4) is 0 Å². The van der Waals surface area contributed by atoms with Crippen LogP contribution in [0.25, 0.3) is 10.9 Å². The largest absolute Gasteiger partial charge is 0.397 e. The highest BCUT2D eigenvalue weighted by Gasteiger charge is 2.04. The van der Waals surface area contributed by atoms with Crippen LogP contribution in [-0.2, 0) is 4.74 Å². The van der Waals surface area contributed by atoms with Crippen LogP contribution in [0.4, 0.5) is 11.4 Å². The molecule has 3 N–H and O–H groups in total. The SMILES string of the molecule is CN(C)CCOCCNc1ccc(N)c2ncccc12. The Bertz CT molecular complexity index is 557. The molecule has 108 valence electrons. The number of hydrogen-bond acceptors (Lipinski definition) is 5. The third-order valence-electron chi connectivity index (χ3n) is 3.05. The molecular formula is C15H22N4O. The van der Waals surface area contributed by atoms with Gasteiger partial charge in [0.05, 0.1) is 24.4 Å². The number of rotatable bonds is 7. The van der Waals surface area contributed by atoms with E-state index >= 15 is 0 Å². The molecule has 1 aromatic carbocycles. The summed E-state index contributed by atoms with van der Waals surface area (Å²) in [5.41, 5.74) is 8.51. The van der Waals surface area contributed by atoms with Gasteiger partial charge in [-0.1, -0.05) is 0 Å². The molecule has 5 heteroatoms. The monoisotopic (exact) mass is 274 g/mol. The van der Waals surface area contributed by atoms with Gasteiger partial charge in [0, 0.05) is 30.4 Å². The number of benzene rings is 1. The maximum Gasteiger partial charge on any atom is 0.0951 e. The fourth-order valence-corrected chi connectivity index (χ4v) is 1.96. The molecular weight excluding hydrogens is 252 g/mol. The summed E-state index contributed by atoms with van der Waals surface area (Å²) in [4.78, 5) is 6.42. The number of pyridine rings is 1. The predicted octanol–water partition coefficient (Wildman–Crippen LogP) is 1.81. The number of nitrogen functional groups attached to an aromatic ring is 1. The van der Waals surface area contributed by atoms with Crippen molar-refractivity contribution in [2.75, 3.05) is 51.4 Å². The van der Waals surface area contributed by atoms with Gasteiger partial charge in [0.15, 0.2) is 0 Å². The molecule has 0 unspecified atom stereocenters. The van der Waals surface area contributed by atoms with E-state index in [2.05, 4.69) is 15.2 Å². The molecule has 0 aliphatic heterocycles. The zero-order chi connectivity index (χ0) is 14.4. The van der Waals surface area contributed by atoms with E-state index in [9.17, 15) is 0 Å². The maximum absolute atomic E-state index is 5.93. The molecule has 20 heavy (non-hydrogen) atoms. The Morgan fingerprint density at radius 2 is 2.10 bits per heavy atom. The number of fused-ring (bicyclic) bond motifs is 1. The van der Waals surface area contributed by atoms with Gasteiger partial charge < -0.3 is 20.7 Å². The Kier molecular flexibility index (Phi) is 5.15. The second kappa shape index (κ2) is 7.07. The number of aromatic nitrogens is 1. The third kappa shape index (κ3) is 3.82. The Morgan fingerprint density at radius 3 is 2.90 bits per heavy atom. The number of nitrogens with two attached hydrogens (primary N) is 1. The van der Waals surface area contributed by atoms with E-state index in [1.54, 1.807) is 6.20 Å². The van der Waals surface area contributed by atoms with E-state index in [1.807, 2.05) is 38.4 Å². The van der Waals surface area contributed by atoms with Crippen LogP contribution in [0.5, 0.6) is 0 Å². The normalized spacial score (nSPS) is 11.2. The lowest BCUT2D eigenvalue weighted by Gasteiger charge is -2.12. The number of nitrogens with one attached hydrogen (secondary N) is 1. The van der Waals surface area contributed by atoms with Crippen molar-refractivity contribution in [2.45, 2.75) is 0 Å². The zero-order valence-corrected chi connectivity index (χ0v) is 12.1. The summed E-state index contributed by atoms with van der Waals surface area (Å²) in [6.45, 7) is 3.13. The summed E-state index contributed by atoms with van der Waals surface area (Å²) in [6.07, 6.45) is 1.76. The molecule has 0 radical (unpaired) electrons. The van der Waals surface area contributed by atoms with Crippen molar-refractivity contribution in [3.63, 3.8) is 0 Å². The van der Waals surface area contributed by atoms with E-state index in [1.165, 1.54) is 0 Å². The standard InChI is InChI=1S/C15H22N4O/c1-19(2)9-11-20-10-8-17-14-6-5-13(16)15-12(14)4-3-7-18-15/h3-7,17H,8-11,16H2,1-2H3. The predicted molar refractivity (Wildman–Crippen MR) is 84.0 cm³/mol. The van der Waals surface area contributed by atoms with Crippen LogP contribution in [0.2, 0.25) is 0 Å². The van der Waals surface area contributed by atoms with Crippen molar-refractivity contribution in [2.24, 2.45) is 0 Å². The lowest BCUT2D eigenvalue weighted by Crippen LogP contribution is -2.20. The van der Waals surface area contributed by atoms with Gasteiger partial charge in [0.2, 0.25) is 0 Å². The number of anilines is 2. The molecule has 0 amide bonds. The molecule has 1 aromatic heterocycles. The van der Waals surface area contributed by atoms with Crippen LogP contribution in [0, 0.1) is 0 Å².